The van der Waals surface area contributed by atoms with Crippen molar-refractivity contribution in [2.75, 3.05) is 0 Å². The molecule has 0 unspecified atom stereocenters. The van der Waals surface area contributed by atoms with Crippen LogP contribution >= 0.6 is 0 Å². The van der Waals surface area contributed by atoms with E-state index in [1.165, 1.54) is 24.3 Å². The summed E-state index contributed by atoms with van der Waals surface area (Å²) in [5, 5.41) is 12.7. The number of carbonyl (C=O) groups is 1. The van der Waals surface area contributed by atoms with E-state index >= 15 is 0 Å². The highest BCUT2D eigenvalue weighted by atomic mass is 19.4. The van der Waals surface area contributed by atoms with E-state index in [1.54, 1.807) is 24.3 Å². The summed E-state index contributed by atoms with van der Waals surface area (Å²) >= 11 is 0. The number of para-hydroxylation sites is 2. The van der Waals surface area contributed by atoms with E-state index in [4.69, 9.17) is 4.42 Å². The fourth-order valence-corrected chi connectivity index (χ4v) is 2.65. The average Bonchev–Trinajstić information content (AvgIpc) is 3.36. The molecule has 0 amide bonds. The molecule has 0 fully saturated rings. The van der Waals surface area contributed by atoms with Gasteiger partial charge in [-0.15, -0.1) is 0 Å². The third kappa shape index (κ3) is 3.45. The number of alkyl halides is 3. The first-order chi connectivity index (χ1) is 13.9. The van der Waals surface area contributed by atoms with E-state index in [0.717, 1.165) is 0 Å². The van der Waals surface area contributed by atoms with E-state index in [0.29, 0.717) is 11.1 Å². The molecule has 0 bridgehead atoms. The number of carbonyl (C=O) groups excluding carboxylic acids is 1. The van der Waals surface area contributed by atoms with Gasteiger partial charge in [0.1, 0.15) is 5.52 Å². The fraction of sp³-hybridized carbons (Fsp3) is 0.105. The van der Waals surface area contributed by atoms with Gasteiger partial charge in [0.25, 0.3) is 0 Å². The molecule has 2 aromatic carbocycles. The Bertz CT molecular complexity index is 1200. The first-order valence-corrected chi connectivity index (χ1v) is 8.17. The van der Waals surface area contributed by atoms with Gasteiger partial charge < -0.3 is 8.94 Å². The number of rotatable bonds is 4. The number of ketones is 1. The van der Waals surface area contributed by atoms with Crippen molar-refractivity contribution in [3.63, 3.8) is 0 Å². The minimum absolute atomic E-state index is 0.0317. The zero-order valence-corrected chi connectivity index (χ0v) is 14.3. The summed E-state index contributed by atoms with van der Waals surface area (Å²) in [6.45, 7) is 0. The maximum Gasteiger partial charge on any atom is 0.471 e. The molecule has 0 saturated carbocycles. The van der Waals surface area contributed by atoms with Gasteiger partial charge >= 0.3 is 12.1 Å². The molecule has 29 heavy (non-hydrogen) atoms. The molecule has 0 spiro atoms. The zero-order valence-electron chi connectivity index (χ0n) is 14.3. The highest BCUT2D eigenvalue weighted by Crippen LogP contribution is 2.30. The molecule has 1 atom stereocenters. The van der Waals surface area contributed by atoms with Crippen LogP contribution in [-0.4, -0.2) is 20.9 Å². The molecular formula is C19H9F3N4O3. The summed E-state index contributed by atoms with van der Waals surface area (Å²) in [5.41, 5.74) is 1.34. The van der Waals surface area contributed by atoms with E-state index in [-0.39, 0.29) is 22.8 Å². The number of Topliss-reactive ketones (excluding diaryl/α,β-unsaturated/α-hetero) is 1. The van der Waals surface area contributed by atoms with Gasteiger partial charge in [-0.1, -0.05) is 41.6 Å². The predicted octanol–water partition coefficient (Wildman–Crippen LogP) is 4.39. The fourth-order valence-electron chi connectivity index (χ4n) is 2.65. The normalized spacial score (nSPS) is 12.6. The van der Waals surface area contributed by atoms with Crippen molar-refractivity contribution in [2.24, 2.45) is 0 Å². The second-order valence-corrected chi connectivity index (χ2v) is 5.94. The highest BCUT2D eigenvalue weighted by molar-refractivity contribution is 6.02. The predicted molar refractivity (Wildman–Crippen MR) is 91.4 cm³/mol. The number of benzene rings is 2. The molecule has 0 N–H and O–H groups in total. The molecule has 10 heteroatoms. The minimum atomic E-state index is -4.75. The van der Waals surface area contributed by atoms with Gasteiger partial charge in [-0.3, -0.25) is 4.79 Å². The zero-order chi connectivity index (χ0) is 20.6. The lowest BCUT2D eigenvalue weighted by molar-refractivity contribution is -0.159. The molecular weight excluding hydrogens is 389 g/mol. The smallest absolute Gasteiger partial charge is 0.439 e. The Balaban J connectivity index is 1.60. The molecule has 0 aliphatic carbocycles. The molecule has 0 radical (unpaired) electrons. The topological polar surface area (TPSA) is 106 Å². The van der Waals surface area contributed by atoms with Crippen LogP contribution in [0.4, 0.5) is 13.2 Å². The molecule has 4 aromatic rings. The Kier molecular flexibility index (Phi) is 4.35. The number of nitriles is 1. The van der Waals surface area contributed by atoms with Gasteiger partial charge in [0.2, 0.25) is 11.7 Å². The standard InChI is InChI=1S/C19H9F3N4O3/c20-19(21,22)18-25-16(26-29-18)11-7-5-10(6-8-11)15(27)12(9-23)17-24-13-3-1-2-4-14(13)28-17/h1-8,12H/t12-/m1/s1. The van der Waals surface area contributed by atoms with Crippen LogP contribution < -0.4 is 0 Å². The van der Waals surface area contributed by atoms with E-state index in [1.807, 2.05) is 6.07 Å². The van der Waals surface area contributed by atoms with Crippen molar-refractivity contribution in [1.82, 2.24) is 15.1 Å². The number of hydrogen-bond donors (Lipinski definition) is 0. The first-order valence-electron chi connectivity index (χ1n) is 8.17. The van der Waals surface area contributed by atoms with E-state index in [9.17, 15) is 23.2 Å². The van der Waals surface area contributed by atoms with Gasteiger partial charge in [0.05, 0.1) is 6.07 Å². The van der Waals surface area contributed by atoms with Crippen molar-refractivity contribution in [2.45, 2.75) is 12.1 Å². The van der Waals surface area contributed by atoms with Crippen LogP contribution in [0.15, 0.2) is 57.5 Å². The molecule has 7 nitrogen and oxygen atoms in total. The summed E-state index contributed by atoms with van der Waals surface area (Å²) in [6, 6.07) is 14.1. The highest BCUT2D eigenvalue weighted by Gasteiger charge is 2.38. The summed E-state index contributed by atoms with van der Waals surface area (Å²) in [7, 11) is 0. The van der Waals surface area contributed by atoms with Crippen molar-refractivity contribution in [1.29, 1.82) is 5.26 Å². The molecule has 0 aliphatic heterocycles. The Hall–Kier alpha value is -4.00. The second-order valence-electron chi connectivity index (χ2n) is 5.94. The van der Waals surface area contributed by atoms with Crippen molar-refractivity contribution < 1.29 is 26.9 Å². The number of oxazole rings is 1. The number of halogens is 3. The quantitative estimate of drug-likeness (QED) is 0.470. The number of aromatic nitrogens is 3. The van der Waals surface area contributed by atoms with Crippen molar-refractivity contribution in [3.8, 4) is 17.5 Å². The first kappa shape index (κ1) is 18.4. The van der Waals surface area contributed by atoms with Gasteiger partial charge in [-0.25, -0.2) is 4.98 Å². The average molecular weight is 398 g/mol. The SMILES string of the molecule is N#C[C@H](C(=O)c1ccc(-c2noc(C(F)(F)F)n2)cc1)c1nc2ccccc2o1. The lowest BCUT2D eigenvalue weighted by atomic mass is 9.98. The Morgan fingerprint density at radius 2 is 1.79 bits per heavy atom. The van der Waals surface area contributed by atoms with Crippen LogP contribution in [0.5, 0.6) is 0 Å². The second kappa shape index (κ2) is 6.87. The number of fused-ring (bicyclic) bond motifs is 1. The minimum Gasteiger partial charge on any atom is -0.439 e. The number of nitrogens with zero attached hydrogens (tertiary/aromatic N) is 4. The van der Waals surface area contributed by atoms with Crippen LogP contribution in [0.25, 0.3) is 22.5 Å². The molecule has 144 valence electrons. The summed E-state index contributed by atoms with van der Waals surface area (Å²) < 4.78 is 47.4. The van der Waals surface area contributed by atoms with Crippen molar-refractivity contribution >= 4 is 16.9 Å². The van der Waals surface area contributed by atoms with Gasteiger partial charge in [0, 0.05) is 11.1 Å². The molecule has 4 rings (SSSR count). The van der Waals surface area contributed by atoms with Crippen LogP contribution in [0.3, 0.4) is 0 Å². The Labute approximate surface area is 160 Å². The van der Waals surface area contributed by atoms with Crippen molar-refractivity contribution in [3.05, 3.63) is 65.9 Å². The molecule has 2 aromatic heterocycles. The lowest BCUT2D eigenvalue weighted by Gasteiger charge is -2.05. The van der Waals surface area contributed by atoms with Crippen LogP contribution in [0.2, 0.25) is 0 Å². The third-order valence-corrected chi connectivity index (χ3v) is 4.04. The Morgan fingerprint density at radius 3 is 2.41 bits per heavy atom. The number of hydrogen-bond acceptors (Lipinski definition) is 7. The maximum atomic E-state index is 12.7. The maximum absolute atomic E-state index is 12.7. The van der Waals surface area contributed by atoms with E-state index < -0.39 is 23.8 Å². The Morgan fingerprint density at radius 1 is 1.07 bits per heavy atom. The van der Waals surface area contributed by atoms with Gasteiger partial charge in [-0.2, -0.15) is 23.4 Å². The van der Waals surface area contributed by atoms with Crippen LogP contribution in [0, 0.1) is 11.3 Å². The largest absolute Gasteiger partial charge is 0.471 e. The van der Waals surface area contributed by atoms with E-state index in [2.05, 4.69) is 19.6 Å². The monoisotopic (exact) mass is 398 g/mol. The third-order valence-electron chi connectivity index (χ3n) is 4.04. The lowest BCUT2D eigenvalue weighted by Crippen LogP contribution is -2.11. The van der Waals surface area contributed by atoms with Crippen LogP contribution in [0.1, 0.15) is 28.1 Å². The molecule has 2 heterocycles. The van der Waals surface area contributed by atoms with Gasteiger partial charge in [0.15, 0.2) is 17.3 Å². The van der Waals surface area contributed by atoms with Gasteiger partial charge in [-0.05, 0) is 12.1 Å². The van der Waals surface area contributed by atoms with Crippen LogP contribution in [-0.2, 0) is 6.18 Å². The summed E-state index contributed by atoms with van der Waals surface area (Å²) in [5.74, 6) is -3.60. The molecule has 0 saturated heterocycles. The molecule has 0 aliphatic rings. The summed E-state index contributed by atoms with van der Waals surface area (Å²) in [4.78, 5) is 20.2. The summed E-state index contributed by atoms with van der Waals surface area (Å²) in [6.07, 6.45) is -4.75.